The molecule has 1 aromatic heterocycles. The zero-order valence-electron chi connectivity index (χ0n) is 19.7. The van der Waals surface area contributed by atoms with E-state index in [0.717, 1.165) is 53.1 Å². The van der Waals surface area contributed by atoms with E-state index in [4.69, 9.17) is 4.74 Å². The first-order valence-corrected chi connectivity index (χ1v) is 12.1. The number of nitrogens with zero attached hydrogens (tertiary/aromatic N) is 3. The Labute approximate surface area is 206 Å². The van der Waals surface area contributed by atoms with Gasteiger partial charge in [-0.2, -0.15) is 5.10 Å². The van der Waals surface area contributed by atoms with Crippen LogP contribution in [0.5, 0.6) is 0 Å². The Kier molecular flexibility index (Phi) is 5.33. The number of hydrogen-bond acceptors (Lipinski definition) is 7. The van der Waals surface area contributed by atoms with Gasteiger partial charge >= 0.3 is 0 Å². The third-order valence-electron chi connectivity index (χ3n) is 7.32. The lowest BCUT2D eigenvalue weighted by Crippen LogP contribution is -2.54. The highest BCUT2D eigenvalue weighted by Crippen LogP contribution is 2.36. The van der Waals surface area contributed by atoms with Gasteiger partial charge in [-0.3, -0.25) is 34.1 Å². The van der Waals surface area contributed by atoms with E-state index < -0.39 is 29.7 Å². The van der Waals surface area contributed by atoms with Crippen LogP contribution in [0.25, 0.3) is 10.9 Å². The van der Waals surface area contributed by atoms with E-state index in [2.05, 4.69) is 20.4 Å². The molecule has 3 aliphatic rings. The summed E-state index contributed by atoms with van der Waals surface area (Å²) in [5.74, 6) is -2.10. The van der Waals surface area contributed by atoms with Crippen molar-refractivity contribution in [2.45, 2.75) is 44.7 Å². The minimum Gasteiger partial charge on any atom is -0.381 e. The predicted molar refractivity (Wildman–Crippen MR) is 130 cm³/mol. The van der Waals surface area contributed by atoms with E-state index in [1.54, 1.807) is 18.2 Å². The number of ether oxygens (including phenoxy) is 1. The molecule has 4 amide bonds. The lowest BCUT2D eigenvalue weighted by molar-refractivity contribution is -0.136. The second kappa shape index (κ2) is 8.56. The van der Waals surface area contributed by atoms with E-state index in [0.29, 0.717) is 11.7 Å². The predicted octanol–water partition coefficient (Wildman–Crippen LogP) is 2.84. The molecule has 36 heavy (non-hydrogen) atoms. The van der Waals surface area contributed by atoms with Gasteiger partial charge in [-0.25, -0.2) is 0 Å². The summed E-state index contributed by atoms with van der Waals surface area (Å²) in [6.45, 7) is 3.45. The quantitative estimate of drug-likeness (QED) is 0.543. The van der Waals surface area contributed by atoms with Crippen molar-refractivity contribution in [3.05, 3.63) is 53.2 Å². The van der Waals surface area contributed by atoms with Gasteiger partial charge in [0.2, 0.25) is 11.8 Å². The first-order valence-electron chi connectivity index (χ1n) is 12.1. The minimum atomic E-state index is -1.00. The molecule has 0 radical (unpaired) electrons. The molecule has 0 spiro atoms. The molecular formula is C26H25N5O5. The largest absolute Gasteiger partial charge is 0.381 e. The monoisotopic (exact) mass is 487 g/mol. The number of piperidine rings is 1. The number of nitrogens with one attached hydrogen (secondary N) is 2. The molecule has 10 nitrogen and oxygen atoms in total. The summed E-state index contributed by atoms with van der Waals surface area (Å²) in [6.07, 6.45) is 3.90. The van der Waals surface area contributed by atoms with Gasteiger partial charge in [-0.05, 0) is 56.0 Å². The van der Waals surface area contributed by atoms with Crippen molar-refractivity contribution in [1.82, 2.24) is 20.0 Å². The van der Waals surface area contributed by atoms with E-state index in [1.165, 1.54) is 0 Å². The highest BCUT2D eigenvalue weighted by atomic mass is 16.5. The van der Waals surface area contributed by atoms with Crippen LogP contribution in [0.3, 0.4) is 0 Å². The van der Waals surface area contributed by atoms with Crippen molar-refractivity contribution in [1.29, 1.82) is 0 Å². The molecule has 6 rings (SSSR count). The van der Waals surface area contributed by atoms with Gasteiger partial charge in [0.05, 0.1) is 34.6 Å². The standard InChI is InChI=1S/C26H25N5O5/c1-14-17-13-27-31(15-9-11-36-12-10-15)20(17)6-5-18(14)28-19-4-2-3-16-23(19)26(35)30(25(16)34)21-7-8-22(32)29-24(21)33/h2-6,13,15,21,28H,7-12H2,1H3,(H,29,32,33). The lowest BCUT2D eigenvalue weighted by atomic mass is 10.0. The van der Waals surface area contributed by atoms with Crippen LogP contribution < -0.4 is 10.6 Å². The Hall–Kier alpha value is -4.05. The van der Waals surface area contributed by atoms with E-state index in [-0.39, 0.29) is 24.0 Å². The molecule has 2 saturated heterocycles. The summed E-state index contributed by atoms with van der Waals surface area (Å²) in [5, 5.41) is 11.2. The number of hydrogen-bond donors (Lipinski definition) is 2. The van der Waals surface area contributed by atoms with Gasteiger partial charge in [0.15, 0.2) is 0 Å². The summed E-state index contributed by atoms with van der Waals surface area (Å²) < 4.78 is 7.55. The second-order valence-electron chi connectivity index (χ2n) is 9.40. The molecule has 0 aliphatic carbocycles. The van der Waals surface area contributed by atoms with Crippen LogP contribution in [-0.4, -0.2) is 57.6 Å². The molecule has 4 heterocycles. The van der Waals surface area contributed by atoms with Crippen molar-refractivity contribution >= 4 is 45.9 Å². The number of fused-ring (bicyclic) bond motifs is 2. The summed E-state index contributed by atoms with van der Waals surface area (Å²) in [4.78, 5) is 51.4. The van der Waals surface area contributed by atoms with Crippen LogP contribution in [0, 0.1) is 6.92 Å². The summed E-state index contributed by atoms with van der Waals surface area (Å²) in [5.41, 5.74) is 3.76. The molecule has 0 bridgehead atoms. The Morgan fingerprint density at radius 3 is 2.58 bits per heavy atom. The molecule has 2 fully saturated rings. The van der Waals surface area contributed by atoms with Crippen LogP contribution in [0.1, 0.15) is 58.0 Å². The zero-order chi connectivity index (χ0) is 25.0. The van der Waals surface area contributed by atoms with Crippen molar-refractivity contribution in [2.24, 2.45) is 0 Å². The maximum atomic E-state index is 13.4. The van der Waals surface area contributed by atoms with Crippen molar-refractivity contribution in [3.63, 3.8) is 0 Å². The zero-order valence-corrected chi connectivity index (χ0v) is 19.7. The van der Waals surface area contributed by atoms with Gasteiger partial charge in [-0.15, -0.1) is 0 Å². The van der Waals surface area contributed by atoms with Gasteiger partial charge in [-0.1, -0.05) is 6.07 Å². The fraction of sp³-hybridized carbons (Fsp3) is 0.346. The van der Waals surface area contributed by atoms with E-state index in [9.17, 15) is 19.2 Å². The normalized spacial score (nSPS) is 20.7. The number of carbonyl (C=O) groups is 4. The van der Waals surface area contributed by atoms with Gasteiger partial charge in [0, 0.05) is 30.7 Å². The second-order valence-corrected chi connectivity index (χ2v) is 9.40. The number of aromatic nitrogens is 2. The van der Waals surface area contributed by atoms with Crippen LogP contribution in [0.4, 0.5) is 11.4 Å². The maximum absolute atomic E-state index is 13.4. The topological polar surface area (TPSA) is 123 Å². The molecule has 184 valence electrons. The fourth-order valence-corrected chi connectivity index (χ4v) is 5.38. The van der Waals surface area contributed by atoms with Crippen LogP contribution in [-0.2, 0) is 14.3 Å². The molecule has 1 atom stereocenters. The van der Waals surface area contributed by atoms with E-state index in [1.807, 2.05) is 25.3 Å². The summed E-state index contributed by atoms with van der Waals surface area (Å²) >= 11 is 0. The van der Waals surface area contributed by atoms with Crippen LogP contribution >= 0.6 is 0 Å². The van der Waals surface area contributed by atoms with Crippen LogP contribution in [0.2, 0.25) is 0 Å². The number of imide groups is 2. The van der Waals surface area contributed by atoms with Crippen molar-refractivity contribution < 1.29 is 23.9 Å². The Morgan fingerprint density at radius 2 is 1.81 bits per heavy atom. The summed E-state index contributed by atoms with van der Waals surface area (Å²) in [6, 6.07) is 8.29. The smallest absolute Gasteiger partial charge is 0.264 e. The highest BCUT2D eigenvalue weighted by molar-refractivity contribution is 6.25. The third kappa shape index (κ3) is 3.48. The van der Waals surface area contributed by atoms with Crippen molar-refractivity contribution in [3.8, 4) is 0 Å². The molecule has 2 N–H and O–H groups in total. The molecule has 2 aromatic carbocycles. The summed E-state index contributed by atoms with van der Waals surface area (Å²) in [7, 11) is 0. The average molecular weight is 488 g/mol. The molecule has 0 saturated carbocycles. The Bertz CT molecular complexity index is 1440. The molecule has 3 aromatic rings. The number of rotatable bonds is 4. The number of amides is 4. The Morgan fingerprint density at radius 1 is 1.00 bits per heavy atom. The Balaban J connectivity index is 1.32. The number of aryl methyl sites for hydroxylation is 1. The maximum Gasteiger partial charge on any atom is 0.264 e. The molecular weight excluding hydrogens is 462 g/mol. The van der Waals surface area contributed by atoms with Crippen LogP contribution in [0.15, 0.2) is 36.5 Å². The van der Waals surface area contributed by atoms with Crippen molar-refractivity contribution in [2.75, 3.05) is 18.5 Å². The molecule has 10 heteroatoms. The average Bonchev–Trinajstić information content (AvgIpc) is 3.42. The first kappa shape index (κ1) is 22.4. The lowest BCUT2D eigenvalue weighted by Gasteiger charge is -2.27. The van der Waals surface area contributed by atoms with Gasteiger partial charge in [0.1, 0.15) is 6.04 Å². The van der Waals surface area contributed by atoms with E-state index >= 15 is 0 Å². The minimum absolute atomic E-state index is 0.0791. The molecule has 1 unspecified atom stereocenters. The number of benzene rings is 2. The fourth-order valence-electron chi connectivity index (χ4n) is 5.38. The SMILES string of the molecule is Cc1c(Nc2cccc3c2C(=O)N(C2CCC(=O)NC2=O)C3=O)ccc2c1cnn2C1CCOCC1. The van der Waals surface area contributed by atoms with Gasteiger partial charge in [0.25, 0.3) is 11.8 Å². The number of anilines is 2. The van der Waals surface area contributed by atoms with Gasteiger partial charge < -0.3 is 10.1 Å². The molecule has 3 aliphatic heterocycles. The highest BCUT2D eigenvalue weighted by Gasteiger charge is 2.45. The number of carbonyl (C=O) groups excluding carboxylic acids is 4. The first-order chi connectivity index (χ1) is 17.4. The third-order valence-corrected chi connectivity index (χ3v) is 7.32.